The number of unbranched alkanes of at least 4 members (excludes halogenated alkanes) is 16. The van der Waals surface area contributed by atoms with Gasteiger partial charge in [-0.05, 0) is 12.8 Å². The largest absolute Gasteiger partial charge is 0.356 e. The van der Waals surface area contributed by atoms with Crippen LogP contribution < -0.4 is 5.32 Å². The number of carbonyl (C=O) groups is 1. The smallest absolute Gasteiger partial charge is 0.219 e. The summed E-state index contributed by atoms with van der Waals surface area (Å²) in [6.07, 6.45) is 25.2. The molecule has 25 heavy (non-hydrogen) atoms. The van der Waals surface area contributed by atoms with Gasteiger partial charge < -0.3 is 5.32 Å². The summed E-state index contributed by atoms with van der Waals surface area (Å²) in [5.41, 5.74) is 0. The zero-order valence-corrected chi connectivity index (χ0v) is 17.6. The van der Waals surface area contributed by atoms with Crippen LogP contribution in [0.3, 0.4) is 0 Å². The Morgan fingerprint density at radius 1 is 0.520 bits per heavy atom. The van der Waals surface area contributed by atoms with E-state index in [1.165, 1.54) is 96.3 Å². The third-order valence-electron chi connectivity index (χ3n) is 5.11. The standard InChI is InChI=1S/C23H47NO/c1-3-5-7-8-9-10-11-12-13-14-15-16-17-18-19-20-22-24-23(25)21-6-4-2/h3-22H2,1-2H3,(H,24,25). The normalized spacial score (nSPS) is 11.0. The Morgan fingerprint density at radius 2 is 0.880 bits per heavy atom. The average Bonchev–Trinajstić information content (AvgIpc) is 2.62. The molecule has 0 atom stereocenters. The molecule has 0 rings (SSSR count). The highest BCUT2D eigenvalue weighted by Gasteiger charge is 1.99. The first-order valence-corrected chi connectivity index (χ1v) is 11.6. The van der Waals surface area contributed by atoms with Crippen LogP contribution >= 0.6 is 0 Å². The van der Waals surface area contributed by atoms with Crippen LogP contribution in [0, 0.1) is 0 Å². The maximum absolute atomic E-state index is 11.5. The molecule has 0 saturated heterocycles. The van der Waals surface area contributed by atoms with E-state index in [2.05, 4.69) is 19.2 Å². The number of hydrogen-bond donors (Lipinski definition) is 1. The number of carbonyl (C=O) groups excluding carboxylic acids is 1. The van der Waals surface area contributed by atoms with E-state index in [0.29, 0.717) is 6.42 Å². The van der Waals surface area contributed by atoms with Crippen molar-refractivity contribution in [2.45, 2.75) is 136 Å². The molecule has 0 spiro atoms. The van der Waals surface area contributed by atoms with Crippen LogP contribution in [0.15, 0.2) is 0 Å². The summed E-state index contributed by atoms with van der Waals surface area (Å²) in [7, 11) is 0. The first-order valence-electron chi connectivity index (χ1n) is 11.6. The van der Waals surface area contributed by atoms with Crippen LogP contribution in [0.4, 0.5) is 0 Å². The molecule has 0 aliphatic heterocycles. The fourth-order valence-corrected chi connectivity index (χ4v) is 3.33. The van der Waals surface area contributed by atoms with Gasteiger partial charge in [-0.15, -0.1) is 0 Å². The summed E-state index contributed by atoms with van der Waals surface area (Å²) >= 11 is 0. The predicted octanol–water partition coefficient (Wildman–Crippen LogP) is 7.55. The summed E-state index contributed by atoms with van der Waals surface area (Å²) in [6.45, 7) is 5.29. The maximum Gasteiger partial charge on any atom is 0.219 e. The van der Waals surface area contributed by atoms with Crippen molar-refractivity contribution in [1.82, 2.24) is 5.32 Å². The van der Waals surface area contributed by atoms with Crippen molar-refractivity contribution in [2.75, 3.05) is 6.54 Å². The zero-order valence-electron chi connectivity index (χ0n) is 17.6. The molecule has 0 heterocycles. The fourth-order valence-electron chi connectivity index (χ4n) is 3.33. The van der Waals surface area contributed by atoms with Crippen molar-refractivity contribution in [3.63, 3.8) is 0 Å². The average molecular weight is 354 g/mol. The van der Waals surface area contributed by atoms with E-state index in [4.69, 9.17) is 0 Å². The molecular weight excluding hydrogens is 306 g/mol. The minimum atomic E-state index is 0.239. The van der Waals surface area contributed by atoms with Crippen molar-refractivity contribution >= 4 is 5.91 Å². The topological polar surface area (TPSA) is 29.1 Å². The first-order chi connectivity index (χ1) is 12.3. The Morgan fingerprint density at radius 3 is 1.28 bits per heavy atom. The summed E-state index contributed by atoms with van der Waals surface area (Å²) in [4.78, 5) is 11.5. The lowest BCUT2D eigenvalue weighted by molar-refractivity contribution is -0.121. The third kappa shape index (κ3) is 21.4. The number of hydrogen-bond acceptors (Lipinski definition) is 1. The number of amides is 1. The summed E-state index contributed by atoms with van der Waals surface area (Å²) < 4.78 is 0. The lowest BCUT2D eigenvalue weighted by Gasteiger charge is -2.05. The zero-order chi connectivity index (χ0) is 18.4. The van der Waals surface area contributed by atoms with Crippen LogP contribution in [0.2, 0.25) is 0 Å². The van der Waals surface area contributed by atoms with E-state index in [0.717, 1.165) is 25.8 Å². The van der Waals surface area contributed by atoms with Crippen molar-refractivity contribution < 1.29 is 4.79 Å². The molecule has 0 aliphatic carbocycles. The van der Waals surface area contributed by atoms with Gasteiger partial charge in [0.25, 0.3) is 0 Å². The quantitative estimate of drug-likeness (QED) is 0.225. The molecule has 2 heteroatoms. The van der Waals surface area contributed by atoms with Crippen molar-refractivity contribution in [1.29, 1.82) is 0 Å². The lowest BCUT2D eigenvalue weighted by atomic mass is 10.0. The van der Waals surface area contributed by atoms with Gasteiger partial charge in [0.05, 0.1) is 0 Å². The first kappa shape index (κ1) is 24.5. The highest BCUT2D eigenvalue weighted by molar-refractivity contribution is 5.75. The SMILES string of the molecule is CCCCCCCCCCCCCCCCCCNC(=O)CCCC. The summed E-state index contributed by atoms with van der Waals surface area (Å²) in [5, 5.41) is 3.03. The third-order valence-corrected chi connectivity index (χ3v) is 5.11. The van der Waals surface area contributed by atoms with E-state index < -0.39 is 0 Å². The molecule has 0 unspecified atom stereocenters. The van der Waals surface area contributed by atoms with E-state index in [1.54, 1.807) is 0 Å². The monoisotopic (exact) mass is 353 g/mol. The molecule has 2 nitrogen and oxygen atoms in total. The fraction of sp³-hybridized carbons (Fsp3) is 0.957. The molecule has 0 saturated carbocycles. The second kappa shape index (κ2) is 21.5. The Labute approximate surface area is 158 Å². The Balaban J connectivity index is 3.04. The van der Waals surface area contributed by atoms with Crippen molar-refractivity contribution in [3.05, 3.63) is 0 Å². The van der Waals surface area contributed by atoms with Gasteiger partial charge in [-0.1, -0.05) is 117 Å². The molecule has 150 valence electrons. The van der Waals surface area contributed by atoms with Gasteiger partial charge in [0.1, 0.15) is 0 Å². The van der Waals surface area contributed by atoms with Crippen LogP contribution in [-0.2, 0) is 4.79 Å². The van der Waals surface area contributed by atoms with E-state index >= 15 is 0 Å². The molecule has 0 aromatic rings. The van der Waals surface area contributed by atoms with E-state index in [-0.39, 0.29) is 5.91 Å². The molecule has 0 aliphatic rings. The van der Waals surface area contributed by atoms with E-state index in [1.807, 2.05) is 0 Å². The van der Waals surface area contributed by atoms with Crippen LogP contribution in [0.5, 0.6) is 0 Å². The second-order valence-electron chi connectivity index (χ2n) is 7.76. The van der Waals surface area contributed by atoms with Gasteiger partial charge in [0, 0.05) is 13.0 Å². The number of nitrogens with one attached hydrogen (secondary N) is 1. The molecule has 0 aromatic carbocycles. The molecule has 1 N–H and O–H groups in total. The van der Waals surface area contributed by atoms with E-state index in [9.17, 15) is 4.79 Å². The summed E-state index contributed by atoms with van der Waals surface area (Å²) in [5.74, 6) is 0.239. The molecule has 0 aromatic heterocycles. The molecule has 1 amide bonds. The van der Waals surface area contributed by atoms with Crippen LogP contribution in [0.1, 0.15) is 136 Å². The Hall–Kier alpha value is -0.530. The van der Waals surface area contributed by atoms with Crippen molar-refractivity contribution in [2.24, 2.45) is 0 Å². The Bertz CT molecular complexity index is 265. The molecule has 0 bridgehead atoms. The van der Waals surface area contributed by atoms with Gasteiger partial charge in [-0.25, -0.2) is 0 Å². The Kier molecular flexibility index (Phi) is 21.1. The number of rotatable bonds is 20. The molecule has 0 radical (unpaired) electrons. The molecular formula is C23H47NO. The highest BCUT2D eigenvalue weighted by atomic mass is 16.1. The molecule has 0 fully saturated rings. The van der Waals surface area contributed by atoms with Crippen LogP contribution in [-0.4, -0.2) is 12.5 Å². The lowest BCUT2D eigenvalue weighted by Crippen LogP contribution is -2.23. The summed E-state index contributed by atoms with van der Waals surface area (Å²) in [6, 6.07) is 0. The minimum absolute atomic E-state index is 0.239. The van der Waals surface area contributed by atoms with Crippen LogP contribution in [0.25, 0.3) is 0 Å². The van der Waals surface area contributed by atoms with Gasteiger partial charge in [0.2, 0.25) is 5.91 Å². The maximum atomic E-state index is 11.5. The second-order valence-corrected chi connectivity index (χ2v) is 7.76. The van der Waals surface area contributed by atoms with Gasteiger partial charge in [-0.2, -0.15) is 0 Å². The van der Waals surface area contributed by atoms with Gasteiger partial charge in [0.15, 0.2) is 0 Å². The van der Waals surface area contributed by atoms with Gasteiger partial charge >= 0.3 is 0 Å². The van der Waals surface area contributed by atoms with Crippen molar-refractivity contribution in [3.8, 4) is 0 Å². The van der Waals surface area contributed by atoms with Gasteiger partial charge in [-0.3, -0.25) is 4.79 Å². The predicted molar refractivity (Wildman–Crippen MR) is 112 cm³/mol. The minimum Gasteiger partial charge on any atom is -0.356 e. The highest BCUT2D eigenvalue weighted by Crippen LogP contribution is 2.13.